The van der Waals surface area contributed by atoms with E-state index in [1.165, 1.54) is 12.8 Å². The molecule has 0 aliphatic rings. The number of rotatable bonds is 4. The van der Waals surface area contributed by atoms with Gasteiger partial charge in [0.25, 0.3) is 0 Å². The van der Waals surface area contributed by atoms with Gasteiger partial charge in [-0.2, -0.15) is 0 Å². The molecule has 0 aliphatic carbocycles. The first kappa shape index (κ1) is 8.31. The third kappa shape index (κ3) is 4.47. The molecule has 0 bridgehead atoms. The van der Waals surface area contributed by atoms with Crippen molar-refractivity contribution in [3.05, 3.63) is 0 Å². The van der Waals surface area contributed by atoms with Crippen LogP contribution in [0.5, 0.6) is 0 Å². The maximum atomic E-state index is 4.20. The molecule has 0 rings (SSSR count). The molecule has 0 fully saturated rings. The van der Waals surface area contributed by atoms with E-state index in [9.17, 15) is 0 Å². The first-order valence-corrected chi connectivity index (χ1v) is 3.65. The molecule has 0 amide bonds. The number of unbranched alkanes of at least 4 members (excludes halogenated alkanes) is 1. The second kappa shape index (κ2) is 5.45. The van der Waals surface area contributed by atoms with Crippen LogP contribution < -0.4 is 0 Å². The van der Waals surface area contributed by atoms with E-state index in [2.05, 4.69) is 26.7 Å². The maximum absolute atomic E-state index is 4.20. The van der Waals surface area contributed by atoms with Crippen LogP contribution in [0.3, 0.4) is 0 Å². The Hall–Kier alpha value is 0.310. The van der Waals surface area contributed by atoms with Crippen molar-refractivity contribution in [3.8, 4) is 0 Å². The molecule has 0 saturated heterocycles. The summed E-state index contributed by atoms with van der Waals surface area (Å²) in [6.45, 7) is 6.47. The third-order valence-electron chi connectivity index (χ3n) is 1.13. The predicted octanol–water partition coefficient (Wildman–Crippen LogP) is 1.95. The van der Waals surface area contributed by atoms with Gasteiger partial charge in [0.05, 0.1) is 0 Å². The maximum Gasteiger partial charge on any atom is 0.00867 e. The van der Waals surface area contributed by atoms with Crippen molar-refractivity contribution in [2.45, 2.75) is 26.7 Å². The van der Waals surface area contributed by atoms with Crippen LogP contribution in [-0.2, 0) is 0 Å². The summed E-state index contributed by atoms with van der Waals surface area (Å²) >= 11 is 4.20. The molecule has 0 heterocycles. The highest BCUT2D eigenvalue weighted by molar-refractivity contribution is 7.77. The van der Waals surface area contributed by atoms with Crippen LogP contribution in [0.2, 0.25) is 0 Å². The largest absolute Gasteiger partial charge is 0.254 e. The van der Waals surface area contributed by atoms with Crippen molar-refractivity contribution in [1.82, 2.24) is 4.31 Å². The van der Waals surface area contributed by atoms with Gasteiger partial charge < -0.3 is 0 Å². The van der Waals surface area contributed by atoms with Crippen LogP contribution in [0, 0.1) is 0 Å². The highest BCUT2D eigenvalue weighted by atomic mass is 32.1. The van der Waals surface area contributed by atoms with E-state index >= 15 is 0 Å². The second-order valence-corrected chi connectivity index (χ2v) is 2.47. The summed E-state index contributed by atoms with van der Waals surface area (Å²) in [4.78, 5) is 0. The lowest BCUT2D eigenvalue weighted by Gasteiger charge is -2.09. The molecule has 0 saturated carbocycles. The Morgan fingerprint density at radius 2 is 2.00 bits per heavy atom. The fourth-order valence-corrected chi connectivity index (χ4v) is 0.640. The molecule has 0 radical (unpaired) electrons. The van der Waals surface area contributed by atoms with Crippen LogP contribution in [0.25, 0.3) is 0 Å². The minimum absolute atomic E-state index is 1.04. The molecule has 0 aromatic rings. The molecule has 0 spiro atoms. The van der Waals surface area contributed by atoms with Crippen LogP contribution in [0.1, 0.15) is 26.7 Å². The monoisotopic (exact) mass is 133 g/mol. The number of nitrogens with zero attached hydrogens (tertiary/aromatic N) is 1. The van der Waals surface area contributed by atoms with Gasteiger partial charge >= 0.3 is 0 Å². The van der Waals surface area contributed by atoms with Gasteiger partial charge in [-0.3, -0.25) is 4.31 Å². The van der Waals surface area contributed by atoms with Crippen LogP contribution in [0.4, 0.5) is 0 Å². The standard InChI is InChI=1S/C6H15NS/c1-3-5-6-7(8)4-2/h8H,3-6H2,1-2H3. The molecular weight excluding hydrogens is 118 g/mol. The lowest BCUT2D eigenvalue weighted by atomic mass is 10.3. The van der Waals surface area contributed by atoms with E-state index in [0.29, 0.717) is 0 Å². The van der Waals surface area contributed by atoms with E-state index in [0.717, 1.165) is 13.1 Å². The first-order chi connectivity index (χ1) is 3.81. The second-order valence-electron chi connectivity index (χ2n) is 1.90. The van der Waals surface area contributed by atoms with Crippen LogP contribution in [-0.4, -0.2) is 17.4 Å². The van der Waals surface area contributed by atoms with Crippen molar-refractivity contribution < 1.29 is 0 Å². The summed E-state index contributed by atoms with van der Waals surface area (Å²) in [6, 6.07) is 0. The van der Waals surface area contributed by atoms with Gasteiger partial charge in [-0.15, -0.1) is 0 Å². The van der Waals surface area contributed by atoms with E-state index < -0.39 is 0 Å². The zero-order valence-corrected chi connectivity index (χ0v) is 6.62. The van der Waals surface area contributed by atoms with Gasteiger partial charge in [-0.25, -0.2) is 0 Å². The number of hydrogen-bond donors (Lipinski definition) is 1. The Morgan fingerprint density at radius 3 is 2.38 bits per heavy atom. The summed E-state index contributed by atoms with van der Waals surface area (Å²) in [5.41, 5.74) is 0. The molecule has 0 atom stereocenters. The molecule has 2 heteroatoms. The summed E-state index contributed by atoms with van der Waals surface area (Å²) < 4.78 is 2.03. The van der Waals surface area contributed by atoms with E-state index in [1.807, 2.05) is 4.31 Å². The minimum Gasteiger partial charge on any atom is -0.254 e. The normalized spacial score (nSPS) is 10.5. The van der Waals surface area contributed by atoms with E-state index in [1.54, 1.807) is 0 Å². The Labute approximate surface area is 57.6 Å². The Morgan fingerprint density at radius 1 is 1.38 bits per heavy atom. The Bertz CT molecular complexity index is 47.8. The average Bonchev–Trinajstić information content (AvgIpc) is 1.83. The molecule has 0 N–H and O–H groups in total. The van der Waals surface area contributed by atoms with Crippen molar-refractivity contribution in [1.29, 1.82) is 0 Å². The molecule has 50 valence electrons. The highest BCUT2D eigenvalue weighted by Gasteiger charge is 1.90. The molecule has 8 heavy (non-hydrogen) atoms. The van der Waals surface area contributed by atoms with Gasteiger partial charge in [0.15, 0.2) is 0 Å². The lowest BCUT2D eigenvalue weighted by molar-refractivity contribution is 0.484. The lowest BCUT2D eigenvalue weighted by Crippen LogP contribution is -2.11. The Kier molecular flexibility index (Phi) is 5.66. The molecule has 0 aromatic carbocycles. The van der Waals surface area contributed by atoms with Gasteiger partial charge in [0.2, 0.25) is 0 Å². The zero-order valence-electron chi connectivity index (χ0n) is 5.72. The zero-order chi connectivity index (χ0) is 6.41. The van der Waals surface area contributed by atoms with Crippen molar-refractivity contribution in [2.75, 3.05) is 13.1 Å². The summed E-state index contributed by atoms with van der Waals surface area (Å²) in [5, 5.41) is 0. The van der Waals surface area contributed by atoms with Gasteiger partial charge in [-0.05, 0) is 6.42 Å². The van der Waals surface area contributed by atoms with E-state index in [4.69, 9.17) is 0 Å². The predicted molar refractivity (Wildman–Crippen MR) is 41.1 cm³/mol. The quantitative estimate of drug-likeness (QED) is 0.574. The van der Waals surface area contributed by atoms with Gasteiger partial charge in [0.1, 0.15) is 0 Å². The first-order valence-electron chi connectivity index (χ1n) is 3.25. The summed E-state index contributed by atoms with van der Waals surface area (Å²) in [6.07, 6.45) is 2.52. The number of hydrogen-bond acceptors (Lipinski definition) is 2. The van der Waals surface area contributed by atoms with Gasteiger partial charge in [-0.1, -0.05) is 33.1 Å². The molecule has 0 unspecified atom stereocenters. The average molecular weight is 133 g/mol. The Balaban J connectivity index is 2.86. The number of thiol groups is 1. The topological polar surface area (TPSA) is 3.24 Å². The summed E-state index contributed by atoms with van der Waals surface area (Å²) in [7, 11) is 0. The fourth-order valence-electron chi connectivity index (χ4n) is 0.499. The van der Waals surface area contributed by atoms with Gasteiger partial charge in [0, 0.05) is 13.1 Å². The minimum atomic E-state index is 1.04. The molecule has 0 aliphatic heterocycles. The van der Waals surface area contributed by atoms with Crippen LogP contribution in [0.15, 0.2) is 0 Å². The van der Waals surface area contributed by atoms with Crippen molar-refractivity contribution in [2.24, 2.45) is 0 Å². The molecular formula is C6H15NS. The smallest absolute Gasteiger partial charge is 0.00867 e. The van der Waals surface area contributed by atoms with E-state index in [-0.39, 0.29) is 0 Å². The highest BCUT2D eigenvalue weighted by Crippen LogP contribution is 1.95. The molecule has 1 nitrogen and oxygen atoms in total. The fraction of sp³-hybridized carbons (Fsp3) is 1.00. The SMILES string of the molecule is CCCCN(S)CC. The van der Waals surface area contributed by atoms with Crippen LogP contribution >= 0.6 is 12.8 Å². The third-order valence-corrected chi connectivity index (χ3v) is 1.62. The summed E-state index contributed by atoms with van der Waals surface area (Å²) in [5.74, 6) is 0. The van der Waals surface area contributed by atoms with Crippen molar-refractivity contribution >= 4 is 12.8 Å². The van der Waals surface area contributed by atoms with Crippen molar-refractivity contribution in [3.63, 3.8) is 0 Å². The molecule has 0 aromatic heterocycles.